The molecule has 2 aliphatic heterocycles. The molecule has 3 aliphatic rings. The number of anilines is 1. The molecule has 1 unspecified atom stereocenters. The van der Waals surface area contributed by atoms with Gasteiger partial charge in [-0.2, -0.15) is 0 Å². The van der Waals surface area contributed by atoms with Gasteiger partial charge in [0.2, 0.25) is 0 Å². The molecule has 0 saturated carbocycles. The van der Waals surface area contributed by atoms with E-state index in [4.69, 9.17) is 38.4 Å². The molecule has 0 radical (unpaired) electrons. The maximum absolute atomic E-state index is 13.2. The number of esters is 1. The van der Waals surface area contributed by atoms with Crippen molar-refractivity contribution in [3.63, 3.8) is 0 Å². The van der Waals surface area contributed by atoms with E-state index >= 15 is 0 Å². The molecule has 33 heavy (non-hydrogen) atoms. The van der Waals surface area contributed by atoms with Crippen LogP contribution in [0.1, 0.15) is 61.4 Å². The number of carbonyl (C=O) groups excluding carboxylic acids is 1. The lowest BCUT2D eigenvalue weighted by atomic mass is 9.75. The Bertz CT molecular complexity index is 1420. The second-order valence-corrected chi connectivity index (χ2v) is 9.31. The Morgan fingerprint density at radius 1 is 1.00 bits per heavy atom. The first-order valence-corrected chi connectivity index (χ1v) is 11.3. The molecular formula is C25H17Cl2NO5. The van der Waals surface area contributed by atoms with Crippen LogP contribution in [-0.2, 0) is 23.2 Å². The van der Waals surface area contributed by atoms with Crippen LogP contribution in [0.3, 0.4) is 0 Å². The minimum atomic E-state index is -1.44. The lowest BCUT2D eigenvalue weighted by Gasteiger charge is -2.38. The number of aromatic carboxylic acids is 1. The van der Waals surface area contributed by atoms with Gasteiger partial charge in [0.25, 0.3) is 0 Å². The van der Waals surface area contributed by atoms with E-state index in [1.165, 1.54) is 11.6 Å². The average Bonchev–Trinajstić information content (AvgIpc) is 3.09. The summed E-state index contributed by atoms with van der Waals surface area (Å²) >= 11 is 13.1. The molecular weight excluding hydrogens is 465 g/mol. The van der Waals surface area contributed by atoms with Gasteiger partial charge in [0.05, 0.1) is 21.2 Å². The standard InChI is InChI=1S/C25H17Cl2NO5/c26-17-10-14(23(29)30)22(27)20-21(17)25(33-24(20)31)15-6-5-13(28)9-19(15)32-18-8-12-4-2-1-3-11(12)7-16(18)25/h5-10H,1-4,28H2,(H,29,30). The molecule has 2 heterocycles. The van der Waals surface area contributed by atoms with Gasteiger partial charge in [-0.1, -0.05) is 23.2 Å². The van der Waals surface area contributed by atoms with Crippen LogP contribution in [0, 0.1) is 0 Å². The highest BCUT2D eigenvalue weighted by Gasteiger charge is 2.56. The molecule has 8 heteroatoms. The molecule has 6 nitrogen and oxygen atoms in total. The molecule has 0 amide bonds. The van der Waals surface area contributed by atoms with Crippen molar-refractivity contribution in [2.45, 2.75) is 31.3 Å². The predicted octanol–water partition coefficient (Wildman–Crippen LogP) is 5.72. The van der Waals surface area contributed by atoms with Gasteiger partial charge in [0, 0.05) is 28.4 Å². The van der Waals surface area contributed by atoms with E-state index in [1.54, 1.807) is 18.2 Å². The zero-order valence-corrected chi connectivity index (χ0v) is 18.7. The molecule has 3 N–H and O–H groups in total. The molecule has 0 aromatic heterocycles. The van der Waals surface area contributed by atoms with Crippen LogP contribution in [0.4, 0.5) is 5.69 Å². The smallest absolute Gasteiger partial charge is 0.341 e. The third kappa shape index (κ3) is 2.68. The lowest BCUT2D eigenvalue weighted by Crippen LogP contribution is -2.34. The molecule has 1 spiro atoms. The molecule has 6 rings (SSSR count). The van der Waals surface area contributed by atoms with Gasteiger partial charge in [-0.05, 0) is 67.1 Å². The Hall–Kier alpha value is -3.22. The van der Waals surface area contributed by atoms with Crippen molar-refractivity contribution in [1.82, 2.24) is 0 Å². The Morgan fingerprint density at radius 2 is 1.70 bits per heavy atom. The largest absolute Gasteiger partial charge is 0.478 e. The van der Waals surface area contributed by atoms with E-state index in [1.807, 2.05) is 12.1 Å². The number of halogens is 2. The van der Waals surface area contributed by atoms with Crippen molar-refractivity contribution < 1.29 is 24.2 Å². The number of hydrogen-bond donors (Lipinski definition) is 2. The summed E-state index contributed by atoms with van der Waals surface area (Å²) in [4.78, 5) is 25.0. The second-order valence-electron chi connectivity index (χ2n) is 8.53. The van der Waals surface area contributed by atoms with Gasteiger partial charge < -0.3 is 20.3 Å². The number of nitrogen functional groups attached to an aromatic ring is 1. The first-order valence-electron chi connectivity index (χ1n) is 10.5. The van der Waals surface area contributed by atoms with Crippen LogP contribution in [0.2, 0.25) is 10.0 Å². The number of rotatable bonds is 1. The first-order chi connectivity index (χ1) is 15.8. The Labute approximate surface area is 198 Å². The van der Waals surface area contributed by atoms with Crippen LogP contribution >= 0.6 is 23.2 Å². The number of hydrogen-bond acceptors (Lipinski definition) is 5. The Balaban J connectivity index is 1.74. The number of nitrogens with two attached hydrogens (primary N) is 1. The molecule has 1 atom stereocenters. The normalized spacial score (nSPS) is 19.8. The molecule has 3 aromatic carbocycles. The Kier molecular flexibility index (Phi) is 4.26. The molecule has 3 aromatic rings. The van der Waals surface area contributed by atoms with Crippen molar-refractivity contribution in [3.05, 3.63) is 85.4 Å². The molecule has 0 fully saturated rings. The molecule has 1 aliphatic carbocycles. The van der Waals surface area contributed by atoms with Crippen LogP contribution in [0.5, 0.6) is 11.5 Å². The summed E-state index contributed by atoms with van der Waals surface area (Å²) in [5.74, 6) is -1.04. The number of fused-ring (bicyclic) bond motifs is 7. The summed E-state index contributed by atoms with van der Waals surface area (Å²) in [5, 5.41) is 9.43. The van der Waals surface area contributed by atoms with Crippen LogP contribution in [0.25, 0.3) is 0 Å². The van der Waals surface area contributed by atoms with E-state index < -0.39 is 17.5 Å². The van der Waals surface area contributed by atoms with Crippen molar-refractivity contribution >= 4 is 40.8 Å². The second kappa shape index (κ2) is 6.89. The van der Waals surface area contributed by atoms with Crippen LogP contribution < -0.4 is 10.5 Å². The maximum atomic E-state index is 13.2. The van der Waals surface area contributed by atoms with E-state index in [2.05, 4.69) is 0 Å². The minimum absolute atomic E-state index is 0.0464. The topological polar surface area (TPSA) is 98.9 Å². The number of benzene rings is 3. The SMILES string of the molecule is Nc1ccc2c(c1)Oc1cc3c(cc1C21OC(=O)c2c(Cl)c(C(=O)O)cc(Cl)c21)CCCC3. The van der Waals surface area contributed by atoms with Crippen LogP contribution in [-0.4, -0.2) is 17.0 Å². The number of carboxylic acid groups (broad SMARTS) is 1. The highest BCUT2D eigenvalue weighted by molar-refractivity contribution is 6.39. The monoisotopic (exact) mass is 481 g/mol. The van der Waals surface area contributed by atoms with Gasteiger partial charge in [0.15, 0.2) is 5.60 Å². The quantitative estimate of drug-likeness (QED) is 0.340. The number of aryl methyl sites for hydroxylation is 2. The van der Waals surface area contributed by atoms with Gasteiger partial charge in [0.1, 0.15) is 11.5 Å². The van der Waals surface area contributed by atoms with Gasteiger partial charge in [-0.3, -0.25) is 0 Å². The van der Waals surface area contributed by atoms with Crippen molar-refractivity contribution in [2.75, 3.05) is 5.73 Å². The zero-order valence-electron chi connectivity index (χ0n) is 17.2. The number of ether oxygens (including phenoxy) is 2. The fourth-order valence-corrected chi connectivity index (χ4v) is 5.88. The third-order valence-corrected chi connectivity index (χ3v) is 7.37. The summed E-state index contributed by atoms with van der Waals surface area (Å²) in [5.41, 5.74) is 8.62. The molecule has 0 bridgehead atoms. The van der Waals surface area contributed by atoms with E-state index in [9.17, 15) is 14.7 Å². The van der Waals surface area contributed by atoms with Crippen LogP contribution in [0.15, 0.2) is 36.4 Å². The number of carbonyl (C=O) groups is 2. The van der Waals surface area contributed by atoms with Gasteiger partial charge >= 0.3 is 11.9 Å². The van der Waals surface area contributed by atoms with Crippen molar-refractivity contribution in [2.24, 2.45) is 0 Å². The number of carboxylic acids is 1. The fourth-order valence-electron chi connectivity index (χ4n) is 5.24. The fraction of sp³-hybridized carbons (Fsp3) is 0.200. The highest BCUT2D eigenvalue weighted by atomic mass is 35.5. The summed E-state index contributed by atoms with van der Waals surface area (Å²) in [6, 6.07) is 10.4. The van der Waals surface area contributed by atoms with E-state index in [0.717, 1.165) is 31.2 Å². The summed E-state index contributed by atoms with van der Waals surface area (Å²) < 4.78 is 12.4. The van der Waals surface area contributed by atoms with E-state index in [-0.39, 0.29) is 21.2 Å². The molecule has 0 saturated heterocycles. The first kappa shape index (κ1) is 20.4. The van der Waals surface area contributed by atoms with Crippen molar-refractivity contribution in [1.29, 1.82) is 0 Å². The minimum Gasteiger partial charge on any atom is -0.478 e. The summed E-state index contributed by atoms with van der Waals surface area (Å²) in [7, 11) is 0. The van der Waals surface area contributed by atoms with Gasteiger partial charge in [-0.15, -0.1) is 0 Å². The Morgan fingerprint density at radius 3 is 2.42 bits per heavy atom. The van der Waals surface area contributed by atoms with Crippen molar-refractivity contribution in [3.8, 4) is 11.5 Å². The summed E-state index contributed by atoms with van der Waals surface area (Å²) in [6.45, 7) is 0. The maximum Gasteiger partial charge on any atom is 0.341 e. The van der Waals surface area contributed by atoms with Gasteiger partial charge in [-0.25, -0.2) is 9.59 Å². The summed E-state index contributed by atoms with van der Waals surface area (Å²) in [6.07, 6.45) is 4.00. The lowest BCUT2D eigenvalue weighted by molar-refractivity contribution is 0.0224. The third-order valence-electron chi connectivity index (χ3n) is 6.68. The predicted molar refractivity (Wildman–Crippen MR) is 123 cm³/mol. The molecule has 166 valence electrons. The highest BCUT2D eigenvalue weighted by Crippen LogP contribution is 2.59. The average molecular weight is 482 g/mol. The van der Waals surface area contributed by atoms with E-state index in [0.29, 0.717) is 33.9 Å². The zero-order chi connectivity index (χ0) is 23.1.